The molecular formula is C13H17BrClNO4. The fourth-order valence-electron chi connectivity index (χ4n) is 2.14. The van der Waals surface area contributed by atoms with E-state index in [4.69, 9.17) is 9.47 Å². The van der Waals surface area contributed by atoms with Crippen LogP contribution in [0.1, 0.15) is 25.5 Å². The van der Waals surface area contributed by atoms with E-state index in [1.165, 1.54) is 7.11 Å². The Hall–Kier alpha value is -1.14. The van der Waals surface area contributed by atoms with Crippen LogP contribution in [0.4, 0.5) is 4.79 Å². The highest BCUT2D eigenvalue weighted by molar-refractivity contribution is 9.10. The number of benzene rings is 1. The van der Waals surface area contributed by atoms with Crippen LogP contribution in [0.2, 0.25) is 0 Å². The number of amides is 1. The lowest BCUT2D eigenvalue weighted by molar-refractivity contribution is 0.0386. The van der Waals surface area contributed by atoms with Gasteiger partial charge in [-0.1, -0.05) is 13.8 Å². The largest absolute Gasteiger partial charge is 0.503 e. The van der Waals surface area contributed by atoms with Crippen LogP contribution < -0.4 is 10.1 Å². The molecule has 0 unspecified atom stereocenters. The monoisotopic (exact) mass is 365 g/mol. The summed E-state index contributed by atoms with van der Waals surface area (Å²) >= 11 is 3.28. The lowest BCUT2D eigenvalue weighted by Gasteiger charge is -2.38. The van der Waals surface area contributed by atoms with E-state index in [-0.39, 0.29) is 29.6 Å². The van der Waals surface area contributed by atoms with Crippen LogP contribution in [0.3, 0.4) is 0 Å². The third-order valence-electron chi connectivity index (χ3n) is 3.22. The summed E-state index contributed by atoms with van der Waals surface area (Å²) < 4.78 is 10.7. The number of cyclic esters (lactones) is 1. The molecule has 20 heavy (non-hydrogen) atoms. The normalized spacial score (nSPS) is 20.4. The molecule has 0 aromatic heterocycles. The first kappa shape index (κ1) is 16.9. The standard InChI is InChI=1S/C13H16BrNO4.ClH/c1-13(2)6-19-12(17)15-11(13)7-4-8(14)10(16)9(5-7)18-3;/h4-5,11,16H,6H2,1-3H3,(H,15,17);1H/t11-;/m1./s1. The fraction of sp³-hybridized carbons (Fsp3) is 0.462. The van der Waals surface area contributed by atoms with Crippen LogP contribution in [0.25, 0.3) is 0 Å². The van der Waals surface area contributed by atoms with Crippen LogP contribution in [0.15, 0.2) is 16.6 Å². The van der Waals surface area contributed by atoms with Gasteiger partial charge in [-0.2, -0.15) is 0 Å². The smallest absolute Gasteiger partial charge is 0.407 e. The minimum Gasteiger partial charge on any atom is -0.503 e. The average Bonchev–Trinajstić information content (AvgIpc) is 2.35. The third-order valence-corrected chi connectivity index (χ3v) is 3.83. The number of rotatable bonds is 2. The molecule has 1 aromatic carbocycles. The number of hydrogen-bond acceptors (Lipinski definition) is 4. The molecule has 0 saturated carbocycles. The van der Waals surface area contributed by atoms with Crippen molar-refractivity contribution in [2.45, 2.75) is 19.9 Å². The number of methoxy groups -OCH3 is 1. The van der Waals surface area contributed by atoms with E-state index in [1.54, 1.807) is 12.1 Å². The molecule has 0 bridgehead atoms. The van der Waals surface area contributed by atoms with Gasteiger partial charge in [0.1, 0.15) is 6.61 Å². The molecule has 1 aromatic rings. The second-order valence-corrected chi connectivity index (χ2v) is 6.05. The summed E-state index contributed by atoms with van der Waals surface area (Å²) in [6, 6.07) is 3.29. The van der Waals surface area contributed by atoms with Gasteiger partial charge in [0.2, 0.25) is 0 Å². The van der Waals surface area contributed by atoms with Crippen LogP contribution >= 0.6 is 28.3 Å². The number of carbonyl (C=O) groups is 1. The molecule has 1 saturated heterocycles. The Labute approximate surface area is 132 Å². The molecule has 2 N–H and O–H groups in total. The van der Waals surface area contributed by atoms with Crippen LogP contribution in [-0.4, -0.2) is 24.9 Å². The Morgan fingerprint density at radius 1 is 1.50 bits per heavy atom. The van der Waals surface area contributed by atoms with E-state index in [2.05, 4.69) is 21.2 Å². The summed E-state index contributed by atoms with van der Waals surface area (Å²) in [6.07, 6.45) is -0.438. The van der Waals surface area contributed by atoms with Gasteiger partial charge in [0, 0.05) is 5.41 Å². The van der Waals surface area contributed by atoms with Crippen molar-refractivity contribution in [3.8, 4) is 11.5 Å². The van der Waals surface area contributed by atoms with Crippen molar-refractivity contribution in [3.63, 3.8) is 0 Å². The zero-order chi connectivity index (χ0) is 14.2. The molecule has 0 aliphatic carbocycles. The van der Waals surface area contributed by atoms with Crippen LogP contribution in [-0.2, 0) is 4.74 Å². The number of hydrogen-bond donors (Lipinski definition) is 2. The summed E-state index contributed by atoms with van der Waals surface area (Å²) in [6.45, 7) is 4.35. The topological polar surface area (TPSA) is 67.8 Å². The van der Waals surface area contributed by atoms with E-state index < -0.39 is 6.09 Å². The first-order chi connectivity index (χ1) is 8.85. The Kier molecular flexibility index (Phi) is 5.15. The Morgan fingerprint density at radius 3 is 2.75 bits per heavy atom. The summed E-state index contributed by atoms with van der Waals surface area (Å²) in [5.74, 6) is 0.406. The van der Waals surface area contributed by atoms with Gasteiger partial charge in [-0.15, -0.1) is 12.4 Å². The first-order valence-electron chi connectivity index (χ1n) is 5.85. The van der Waals surface area contributed by atoms with E-state index in [0.29, 0.717) is 16.8 Å². The maximum absolute atomic E-state index is 11.4. The highest BCUT2D eigenvalue weighted by Crippen LogP contribution is 2.42. The summed E-state index contributed by atoms with van der Waals surface area (Å²) in [4.78, 5) is 11.4. The average molecular weight is 367 g/mol. The van der Waals surface area contributed by atoms with Crippen LogP contribution in [0.5, 0.6) is 11.5 Å². The molecule has 0 spiro atoms. The van der Waals surface area contributed by atoms with Gasteiger partial charge >= 0.3 is 6.09 Å². The molecule has 1 atom stereocenters. The van der Waals surface area contributed by atoms with Gasteiger partial charge in [-0.05, 0) is 33.6 Å². The molecular weight excluding hydrogens is 350 g/mol. The molecule has 5 nitrogen and oxygen atoms in total. The van der Waals surface area contributed by atoms with Crippen molar-refractivity contribution >= 4 is 34.4 Å². The number of halogens is 2. The van der Waals surface area contributed by atoms with Crippen molar-refractivity contribution < 1.29 is 19.4 Å². The van der Waals surface area contributed by atoms with Gasteiger partial charge in [0.15, 0.2) is 11.5 Å². The van der Waals surface area contributed by atoms with Crippen LogP contribution in [0, 0.1) is 5.41 Å². The van der Waals surface area contributed by atoms with E-state index in [0.717, 1.165) is 5.56 Å². The SMILES string of the molecule is COc1cc([C@H]2NC(=O)OCC2(C)C)cc(Br)c1O.Cl. The number of alkyl carbamates (subject to hydrolysis) is 1. The third kappa shape index (κ3) is 3.12. The zero-order valence-electron chi connectivity index (χ0n) is 11.4. The van der Waals surface area contributed by atoms with Gasteiger partial charge in [-0.3, -0.25) is 0 Å². The van der Waals surface area contributed by atoms with Gasteiger partial charge in [0.05, 0.1) is 17.6 Å². The predicted molar refractivity (Wildman–Crippen MR) is 80.6 cm³/mol. The number of nitrogens with one attached hydrogen (secondary N) is 1. The first-order valence-corrected chi connectivity index (χ1v) is 6.64. The van der Waals surface area contributed by atoms with E-state index in [1.807, 2.05) is 13.8 Å². The minimum absolute atomic E-state index is 0. The number of ether oxygens (including phenoxy) is 2. The van der Waals surface area contributed by atoms with Crippen molar-refractivity contribution in [1.82, 2.24) is 5.32 Å². The Morgan fingerprint density at radius 2 is 2.15 bits per heavy atom. The number of phenols is 1. The molecule has 0 radical (unpaired) electrons. The summed E-state index contributed by atoms with van der Waals surface area (Å²) in [5.41, 5.74) is 0.596. The molecule has 1 fully saturated rings. The lowest BCUT2D eigenvalue weighted by atomic mass is 9.80. The predicted octanol–water partition coefficient (Wildman–Crippen LogP) is 3.39. The summed E-state index contributed by atoms with van der Waals surface area (Å²) in [5, 5.41) is 12.6. The maximum Gasteiger partial charge on any atom is 0.407 e. The van der Waals surface area contributed by atoms with Crippen molar-refractivity contribution in [2.75, 3.05) is 13.7 Å². The van der Waals surface area contributed by atoms with E-state index >= 15 is 0 Å². The molecule has 1 aliphatic heterocycles. The van der Waals surface area contributed by atoms with Gasteiger partial charge in [0.25, 0.3) is 0 Å². The quantitative estimate of drug-likeness (QED) is 0.842. The van der Waals surface area contributed by atoms with Crippen molar-refractivity contribution in [3.05, 3.63) is 22.2 Å². The van der Waals surface area contributed by atoms with Gasteiger partial charge in [-0.25, -0.2) is 4.79 Å². The molecule has 1 aliphatic rings. The Balaban J connectivity index is 0.00000200. The maximum atomic E-state index is 11.4. The van der Waals surface area contributed by atoms with E-state index in [9.17, 15) is 9.90 Å². The highest BCUT2D eigenvalue weighted by atomic mass is 79.9. The molecule has 112 valence electrons. The zero-order valence-corrected chi connectivity index (χ0v) is 13.8. The fourth-order valence-corrected chi connectivity index (χ4v) is 2.60. The Bertz CT molecular complexity index is 521. The number of aromatic hydroxyl groups is 1. The molecule has 7 heteroatoms. The minimum atomic E-state index is -0.438. The van der Waals surface area contributed by atoms with Gasteiger partial charge < -0.3 is 19.9 Å². The molecule has 1 heterocycles. The second-order valence-electron chi connectivity index (χ2n) is 5.20. The highest BCUT2D eigenvalue weighted by Gasteiger charge is 2.38. The number of phenolic OH excluding ortho intramolecular Hbond substituents is 1. The molecule has 1 amide bonds. The van der Waals surface area contributed by atoms with Crippen molar-refractivity contribution in [1.29, 1.82) is 0 Å². The number of carbonyl (C=O) groups excluding carboxylic acids is 1. The summed E-state index contributed by atoms with van der Waals surface area (Å²) in [7, 11) is 1.49. The lowest BCUT2D eigenvalue weighted by Crippen LogP contribution is -2.46. The second kappa shape index (κ2) is 6.10. The molecule has 2 rings (SSSR count). The van der Waals surface area contributed by atoms with Crippen molar-refractivity contribution in [2.24, 2.45) is 5.41 Å².